The fourth-order valence-electron chi connectivity index (χ4n) is 1.90. The molecule has 3 heteroatoms. The normalized spacial score (nSPS) is 21.4. The van der Waals surface area contributed by atoms with Gasteiger partial charge in [0.05, 0.1) is 0 Å². The van der Waals surface area contributed by atoms with Gasteiger partial charge in [-0.05, 0) is 47.1 Å². The van der Waals surface area contributed by atoms with E-state index in [-0.39, 0.29) is 0 Å². The highest BCUT2D eigenvalue weighted by Gasteiger charge is 2.33. The summed E-state index contributed by atoms with van der Waals surface area (Å²) in [5.41, 5.74) is 4.27. The molecule has 2 rings (SSSR count). The molecule has 1 aliphatic carbocycles. The van der Waals surface area contributed by atoms with E-state index in [1.54, 1.807) is 11.3 Å². The molecule has 13 heavy (non-hydrogen) atoms. The largest absolute Gasteiger partial charge is 0.271 e. The first kappa shape index (κ1) is 9.19. The lowest BCUT2D eigenvalue weighted by Gasteiger charge is -2.22. The van der Waals surface area contributed by atoms with Gasteiger partial charge in [-0.1, -0.05) is 6.92 Å². The molecule has 2 nitrogen and oxygen atoms in total. The maximum atomic E-state index is 5.59. The summed E-state index contributed by atoms with van der Waals surface area (Å²) < 4.78 is 0. The van der Waals surface area contributed by atoms with Gasteiger partial charge < -0.3 is 0 Å². The van der Waals surface area contributed by atoms with Gasteiger partial charge in [0.1, 0.15) is 0 Å². The minimum atomic E-state index is 0.346. The van der Waals surface area contributed by atoms with Crippen LogP contribution in [-0.2, 0) is 0 Å². The Morgan fingerprint density at radius 2 is 2.38 bits per heavy atom. The molecule has 0 saturated heterocycles. The van der Waals surface area contributed by atoms with Crippen LogP contribution in [0.3, 0.4) is 0 Å². The van der Waals surface area contributed by atoms with Crippen LogP contribution in [0.2, 0.25) is 0 Å². The summed E-state index contributed by atoms with van der Waals surface area (Å²) in [5.74, 6) is 7.14. The van der Waals surface area contributed by atoms with Gasteiger partial charge in [0.25, 0.3) is 0 Å². The lowest BCUT2D eigenvalue weighted by Crippen LogP contribution is -2.33. The van der Waals surface area contributed by atoms with Crippen LogP contribution in [0.5, 0.6) is 0 Å². The zero-order valence-corrected chi connectivity index (χ0v) is 8.68. The number of hydrogen-bond acceptors (Lipinski definition) is 3. The lowest BCUT2D eigenvalue weighted by atomic mass is 9.93. The summed E-state index contributed by atoms with van der Waals surface area (Å²) in [7, 11) is 0. The quantitative estimate of drug-likeness (QED) is 0.573. The van der Waals surface area contributed by atoms with Gasteiger partial charge >= 0.3 is 0 Å². The maximum absolute atomic E-state index is 5.59. The van der Waals surface area contributed by atoms with Crippen molar-refractivity contribution >= 4 is 11.3 Å². The average Bonchev–Trinajstić information content (AvgIpc) is 2.86. The zero-order valence-electron chi connectivity index (χ0n) is 7.86. The molecule has 2 unspecified atom stereocenters. The molecular formula is C10H16N2S. The maximum Gasteiger partial charge on any atom is 0.0496 e. The predicted molar refractivity (Wildman–Crippen MR) is 56.3 cm³/mol. The Kier molecular flexibility index (Phi) is 2.67. The predicted octanol–water partition coefficient (Wildman–Crippen LogP) is 2.30. The van der Waals surface area contributed by atoms with E-state index < -0.39 is 0 Å². The van der Waals surface area contributed by atoms with Gasteiger partial charge in [0, 0.05) is 6.04 Å². The molecule has 1 saturated carbocycles. The highest BCUT2D eigenvalue weighted by Crippen LogP contribution is 2.42. The Morgan fingerprint density at radius 3 is 2.85 bits per heavy atom. The van der Waals surface area contributed by atoms with Gasteiger partial charge in [-0.3, -0.25) is 11.3 Å². The van der Waals surface area contributed by atoms with E-state index in [1.807, 2.05) is 0 Å². The molecule has 0 spiro atoms. The van der Waals surface area contributed by atoms with Crippen molar-refractivity contribution in [1.29, 1.82) is 0 Å². The van der Waals surface area contributed by atoms with E-state index in [9.17, 15) is 0 Å². The van der Waals surface area contributed by atoms with E-state index in [0.717, 1.165) is 5.92 Å². The Balaban J connectivity index is 2.08. The summed E-state index contributed by atoms with van der Waals surface area (Å²) in [6, 6.07) is 2.51. The van der Waals surface area contributed by atoms with Crippen molar-refractivity contribution in [3.05, 3.63) is 22.4 Å². The minimum Gasteiger partial charge on any atom is -0.271 e. The van der Waals surface area contributed by atoms with Crippen LogP contribution in [0, 0.1) is 11.8 Å². The van der Waals surface area contributed by atoms with Crippen LogP contribution in [0.15, 0.2) is 16.8 Å². The van der Waals surface area contributed by atoms with Crippen molar-refractivity contribution in [3.63, 3.8) is 0 Å². The third kappa shape index (κ3) is 1.93. The molecule has 1 aliphatic rings. The number of thiophene rings is 1. The molecule has 0 radical (unpaired) electrons. The fourth-order valence-corrected chi connectivity index (χ4v) is 2.59. The zero-order chi connectivity index (χ0) is 9.26. The summed E-state index contributed by atoms with van der Waals surface area (Å²) in [6.07, 6.45) is 2.76. The monoisotopic (exact) mass is 196 g/mol. The van der Waals surface area contributed by atoms with Crippen LogP contribution < -0.4 is 11.3 Å². The Hall–Kier alpha value is -0.380. The van der Waals surface area contributed by atoms with Crippen LogP contribution in [0.4, 0.5) is 0 Å². The molecule has 0 aliphatic heterocycles. The molecule has 1 heterocycles. The molecule has 1 aromatic rings. The second-order valence-electron chi connectivity index (χ2n) is 3.90. The van der Waals surface area contributed by atoms with Gasteiger partial charge in [0.15, 0.2) is 0 Å². The highest BCUT2D eigenvalue weighted by atomic mass is 32.1. The molecule has 0 aromatic carbocycles. The van der Waals surface area contributed by atoms with Crippen molar-refractivity contribution in [3.8, 4) is 0 Å². The molecule has 72 valence electrons. The highest BCUT2D eigenvalue weighted by molar-refractivity contribution is 7.07. The summed E-state index contributed by atoms with van der Waals surface area (Å²) >= 11 is 1.74. The van der Waals surface area contributed by atoms with Crippen molar-refractivity contribution in [2.24, 2.45) is 17.7 Å². The summed E-state index contributed by atoms with van der Waals surface area (Å²) in [6.45, 7) is 2.29. The third-order valence-corrected chi connectivity index (χ3v) is 3.67. The standard InChI is InChI=1S/C10H16N2S/c1-7(8-2-3-8)10(12-11)9-4-5-13-6-9/h4-8,10,12H,2-3,11H2,1H3. The smallest absolute Gasteiger partial charge is 0.0496 e. The first-order chi connectivity index (χ1) is 6.33. The average molecular weight is 196 g/mol. The number of hydrogen-bond donors (Lipinski definition) is 2. The van der Waals surface area contributed by atoms with Gasteiger partial charge in [-0.2, -0.15) is 11.3 Å². The van der Waals surface area contributed by atoms with E-state index >= 15 is 0 Å². The van der Waals surface area contributed by atoms with E-state index in [4.69, 9.17) is 5.84 Å². The van der Waals surface area contributed by atoms with E-state index in [2.05, 4.69) is 29.2 Å². The van der Waals surface area contributed by atoms with Crippen molar-refractivity contribution in [2.75, 3.05) is 0 Å². The van der Waals surface area contributed by atoms with Gasteiger partial charge in [-0.25, -0.2) is 0 Å². The Bertz CT molecular complexity index is 254. The second kappa shape index (κ2) is 3.78. The van der Waals surface area contributed by atoms with E-state index in [1.165, 1.54) is 18.4 Å². The van der Waals surface area contributed by atoms with Gasteiger partial charge in [-0.15, -0.1) is 0 Å². The number of rotatable bonds is 4. The lowest BCUT2D eigenvalue weighted by molar-refractivity contribution is 0.355. The van der Waals surface area contributed by atoms with Gasteiger partial charge in [0.2, 0.25) is 0 Å². The van der Waals surface area contributed by atoms with Crippen LogP contribution in [0.25, 0.3) is 0 Å². The first-order valence-corrected chi connectivity index (χ1v) is 5.75. The molecular weight excluding hydrogens is 180 g/mol. The third-order valence-electron chi connectivity index (χ3n) is 2.97. The minimum absolute atomic E-state index is 0.346. The van der Waals surface area contributed by atoms with Crippen LogP contribution in [-0.4, -0.2) is 0 Å². The fraction of sp³-hybridized carbons (Fsp3) is 0.600. The van der Waals surface area contributed by atoms with Crippen molar-refractivity contribution in [1.82, 2.24) is 5.43 Å². The van der Waals surface area contributed by atoms with Crippen LogP contribution >= 0.6 is 11.3 Å². The molecule has 2 atom stereocenters. The molecule has 1 aromatic heterocycles. The van der Waals surface area contributed by atoms with Crippen molar-refractivity contribution in [2.45, 2.75) is 25.8 Å². The van der Waals surface area contributed by atoms with Crippen molar-refractivity contribution < 1.29 is 0 Å². The topological polar surface area (TPSA) is 38.0 Å². The molecule has 0 bridgehead atoms. The summed E-state index contributed by atoms with van der Waals surface area (Å²) in [5, 5.41) is 4.29. The second-order valence-corrected chi connectivity index (χ2v) is 4.68. The number of nitrogens with one attached hydrogen (secondary N) is 1. The van der Waals surface area contributed by atoms with E-state index in [0.29, 0.717) is 12.0 Å². The van der Waals surface area contributed by atoms with Crippen LogP contribution in [0.1, 0.15) is 31.4 Å². The number of nitrogens with two attached hydrogens (primary N) is 1. The summed E-state index contributed by atoms with van der Waals surface area (Å²) in [4.78, 5) is 0. The molecule has 3 N–H and O–H groups in total. The number of hydrazine groups is 1. The Labute approximate surface area is 83.1 Å². The molecule has 0 amide bonds. The first-order valence-electron chi connectivity index (χ1n) is 4.81. The molecule has 1 fully saturated rings. The SMILES string of the molecule is CC(C1CC1)C(NN)c1ccsc1. The Morgan fingerprint density at radius 1 is 1.62 bits per heavy atom.